The van der Waals surface area contributed by atoms with Gasteiger partial charge in [-0.05, 0) is 13.8 Å². The summed E-state index contributed by atoms with van der Waals surface area (Å²) in [5.41, 5.74) is 0. The molecule has 0 aromatic carbocycles. The van der Waals surface area contributed by atoms with Crippen LogP contribution in [0, 0.1) is 5.92 Å². The molecular formula is C10H15NO6S. The highest BCUT2D eigenvalue weighted by Gasteiger charge is 2.71. The summed E-state index contributed by atoms with van der Waals surface area (Å²) >= 11 is 0. The van der Waals surface area contributed by atoms with Crippen LogP contribution in [0.3, 0.4) is 0 Å². The first-order valence-corrected chi connectivity index (χ1v) is 7.00. The normalized spacial score (nSPS) is 36.1. The Bertz CT molecular complexity index is 510. The van der Waals surface area contributed by atoms with Crippen LogP contribution in [-0.2, 0) is 24.2 Å². The fourth-order valence-electron chi connectivity index (χ4n) is 2.74. The fourth-order valence-corrected chi connectivity index (χ4v) is 5.04. The molecule has 2 saturated heterocycles. The zero-order valence-corrected chi connectivity index (χ0v) is 11.1. The molecule has 2 heterocycles. The van der Waals surface area contributed by atoms with Gasteiger partial charge in [-0.15, -0.1) is 0 Å². The van der Waals surface area contributed by atoms with Gasteiger partial charge in [0.1, 0.15) is 11.4 Å². The maximum atomic E-state index is 12.3. The molecule has 0 aliphatic carbocycles. The van der Waals surface area contributed by atoms with Crippen molar-refractivity contribution in [2.45, 2.75) is 30.0 Å². The number of carboxylic acid groups (broad SMARTS) is 1. The van der Waals surface area contributed by atoms with E-state index in [2.05, 4.69) is 0 Å². The number of hydrogen-bond donors (Lipinski definition) is 1. The molecule has 0 unspecified atom stereocenters. The number of nitrogens with zero attached hydrogens (tertiary/aromatic N) is 1. The van der Waals surface area contributed by atoms with Crippen molar-refractivity contribution in [2.24, 2.45) is 5.92 Å². The third-order valence-electron chi connectivity index (χ3n) is 3.76. The van der Waals surface area contributed by atoms with E-state index in [9.17, 15) is 18.0 Å². The second kappa shape index (κ2) is 3.67. The lowest BCUT2D eigenvalue weighted by Gasteiger charge is -2.42. The first-order chi connectivity index (χ1) is 8.17. The number of rotatable bonds is 3. The summed E-state index contributed by atoms with van der Waals surface area (Å²) < 4.78 is 28.0. The minimum absolute atomic E-state index is 0.0123. The van der Waals surface area contributed by atoms with Gasteiger partial charge < -0.3 is 14.7 Å². The molecular weight excluding hydrogens is 262 g/mol. The van der Waals surface area contributed by atoms with E-state index < -0.39 is 43.8 Å². The summed E-state index contributed by atoms with van der Waals surface area (Å²) in [6, 6.07) is -1.33. The van der Waals surface area contributed by atoms with Crippen LogP contribution in [0.4, 0.5) is 0 Å². The Morgan fingerprint density at radius 1 is 1.50 bits per heavy atom. The number of amides is 1. The highest BCUT2D eigenvalue weighted by atomic mass is 32.2. The Morgan fingerprint density at radius 2 is 2.06 bits per heavy atom. The van der Waals surface area contributed by atoms with Crippen molar-refractivity contribution in [1.29, 1.82) is 0 Å². The van der Waals surface area contributed by atoms with Crippen LogP contribution >= 0.6 is 0 Å². The molecule has 1 N–H and O–H groups in total. The van der Waals surface area contributed by atoms with Crippen LogP contribution in [0.5, 0.6) is 0 Å². The average Bonchev–Trinajstić information content (AvgIpc) is 2.38. The molecule has 2 rings (SSSR count). The zero-order chi connectivity index (χ0) is 13.9. The van der Waals surface area contributed by atoms with E-state index in [1.807, 2.05) is 0 Å². The Hall–Kier alpha value is -1.15. The van der Waals surface area contributed by atoms with Crippen LogP contribution in [0.1, 0.15) is 13.8 Å². The van der Waals surface area contributed by atoms with E-state index in [1.165, 1.54) is 21.0 Å². The summed E-state index contributed by atoms with van der Waals surface area (Å²) in [5, 5.41) is 8.08. The molecule has 0 aromatic heterocycles. The van der Waals surface area contributed by atoms with Gasteiger partial charge in [0.2, 0.25) is 5.91 Å². The number of carbonyl (C=O) groups is 2. The predicted octanol–water partition coefficient (Wildman–Crippen LogP) is -0.922. The molecule has 7 nitrogen and oxygen atoms in total. The molecule has 0 radical (unpaired) electrons. The topological polar surface area (TPSA) is 101 Å². The summed E-state index contributed by atoms with van der Waals surface area (Å²) in [6.07, 6.45) is 0. The van der Waals surface area contributed by atoms with Crippen molar-refractivity contribution >= 4 is 21.7 Å². The first-order valence-electron chi connectivity index (χ1n) is 5.45. The second-order valence-electron chi connectivity index (χ2n) is 5.09. The van der Waals surface area contributed by atoms with Crippen molar-refractivity contribution in [2.75, 3.05) is 13.7 Å². The molecule has 1 amide bonds. The Balaban J connectivity index is 2.49. The maximum Gasteiger partial charge on any atom is 0.328 e. The number of hydrogen-bond acceptors (Lipinski definition) is 5. The van der Waals surface area contributed by atoms with Crippen LogP contribution in [-0.4, -0.2) is 60.2 Å². The molecule has 102 valence electrons. The molecule has 8 heteroatoms. The molecule has 0 saturated carbocycles. The van der Waals surface area contributed by atoms with Gasteiger partial charge >= 0.3 is 5.97 Å². The van der Waals surface area contributed by atoms with Crippen molar-refractivity contribution in [3.05, 3.63) is 0 Å². The van der Waals surface area contributed by atoms with E-state index >= 15 is 0 Å². The molecule has 2 aliphatic rings. The monoisotopic (exact) mass is 277 g/mol. The average molecular weight is 277 g/mol. The zero-order valence-electron chi connectivity index (χ0n) is 10.3. The van der Waals surface area contributed by atoms with Crippen molar-refractivity contribution < 1.29 is 27.9 Å². The summed E-state index contributed by atoms with van der Waals surface area (Å²) in [5.74, 6) is -2.55. The predicted molar refractivity (Wildman–Crippen MR) is 60.4 cm³/mol. The third-order valence-corrected chi connectivity index (χ3v) is 6.64. The minimum atomic E-state index is -3.72. The fraction of sp³-hybridized carbons (Fsp3) is 0.800. The highest BCUT2D eigenvalue weighted by molar-refractivity contribution is 7.93. The maximum absolute atomic E-state index is 12.3. The highest BCUT2D eigenvalue weighted by Crippen LogP contribution is 2.48. The number of ether oxygens (including phenoxy) is 1. The Labute approximate surface area is 105 Å². The van der Waals surface area contributed by atoms with E-state index in [0.29, 0.717) is 0 Å². The molecule has 2 fully saturated rings. The first kappa shape index (κ1) is 13.3. The van der Waals surface area contributed by atoms with E-state index in [1.54, 1.807) is 0 Å². The quantitative estimate of drug-likeness (QED) is 0.669. The van der Waals surface area contributed by atoms with Crippen molar-refractivity contribution in [1.82, 2.24) is 4.90 Å². The molecule has 2 aliphatic heterocycles. The molecule has 18 heavy (non-hydrogen) atoms. The van der Waals surface area contributed by atoms with E-state index in [-0.39, 0.29) is 6.61 Å². The third kappa shape index (κ3) is 1.30. The summed E-state index contributed by atoms with van der Waals surface area (Å²) in [7, 11) is -2.35. The number of β-lactam (4-membered cyclic amide) rings is 1. The summed E-state index contributed by atoms with van der Waals surface area (Å²) in [4.78, 5) is 24.0. The largest absolute Gasteiger partial charge is 0.480 e. The van der Waals surface area contributed by atoms with Gasteiger partial charge in [0.25, 0.3) is 0 Å². The van der Waals surface area contributed by atoms with Crippen LogP contribution < -0.4 is 0 Å². The number of fused-ring (bicyclic) bond motifs is 1. The van der Waals surface area contributed by atoms with Gasteiger partial charge in [-0.2, -0.15) is 0 Å². The second-order valence-corrected chi connectivity index (χ2v) is 7.71. The molecule has 3 atom stereocenters. The smallest absolute Gasteiger partial charge is 0.328 e. The van der Waals surface area contributed by atoms with Gasteiger partial charge in [-0.3, -0.25) is 4.79 Å². The summed E-state index contributed by atoms with van der Waals surface area (Å²) in [6.45, 7) is 2.68. The SMILES string of the molecule is COC[C@@H]1C(=O)N2[C@@H]1S(=O)(=O)C(C)(C)[C@H]2C(=O)O. The van der Waals surface area contributed by atoms with Gasteiger partial charge in [-0.1, -0.05) is 0 Å². The van der Waals surface area contributed by atoms with Crippen LogP contribution in [0.15, 0.2) is 0 Å². The lowest BCUT2D eigenvalue weighted by molar-refractivity contribution is -0.165. The Kier molecular flexibility index (Phi) is 2.71. The van der Waals surface area contributed by atoms with Gasteiger partial charge in [0, 0.05) is 7.11 Å². The van der Waals surface area contributed by atoms with Gasteiger partial charge in [0.15, 0.2) is 9.84 Å². The van der Waals surface area contributed by atoms with Crippen molar-refractivity contribution in [3.63, 3.8) is 0 Å². The lowest BCUT2D eigenvalue weighted by Crippen LogP contribution is -2.64. The van der Waals surface area contributed by atoms with Crippen LogP contribution in [0.2, 0.25) is 0 Å². The number of methoxy groups -OCH3 is 1. The van der Waals surface area contributed by atoms with E-state index in [4.69, 9.17) is 9.84 Å². The van der Waals surface area contributed by atoms with Crippen molar-refractivity contribution in [3.8, 4) is 0 Å². The molecule has 0 bridgehead atoms. The lowest BCUT2D eigenvalue weighted by atomic mass is 9.92. The Morgan fingerprint density at radius 3 is 2.50 bits per heavy atom. The standard InChI is InChI=1S/C10H15NO6S/c1-10(2)6(9(13)14)11-7(12)5(4-17-3)8(11)18(10,15)16/h5-6,8H,4H2,1-3H3,(H,13,14)/t5-,6-,8-/m1/s1. The minimum Gasteiger partial charge on any atom is -0.480 e. The van der Waals surface area contributed by atoms with E-state index in [0.717, 1.165) is 4.90 Å². The van der Waals surface area contributed by atoms with Gasteiger partial charge in [-0.25, -0.2) is 13.2 Å². The number of carbonyl (C=O) groups excluding carboxylic acids is 1. The van der Waals surface area contributed by atoms with Crippen LogP contribution in [0.25, 0.3) is 0 Å². The number of sulfone groups is 1. The number of aliphatic carboxylic acids is 1. The molecule has 0 spiro atoms. The molecule has 0 aromatic rings. The number of carboxylic acids is 1. The van der Waals surface area contributed by atoms with Gasteiger partial charge in [0.05, 0.1) is 17.3 Å².